The Kier molecular flexibility index (Phi) is 4.95. The van der Waals surface area contributed by atoms with Crippen LogP contribution in [-0.2, 0) is 9.53 Å². The molecule has 0 aromatic heterocycles. The number of hydrogen-bond acceptors (Lipinski definition) is 5. The van der Waals surface area contributed by atoms with E-state index in [2.05, 4.69) is 15.5 Å². The molecule has 1 aromatic rings. The molecule has 4 rings (SSSR count). The molecule has 7 heteroatoms. The number of nitrogens with zero attached hydrogens (tertiary/aromatic N) is 2. The quantitative estimate of drug-likeness (QED) is 0.834. The Morgan fingerprint density at radius 2 is 1.81 bits per heavy atom. The molecule has 1 aromatic carbocycles. The van der Waals surface area contributed by atoms with Crippen molar-refractivity contribution in [3.63, 3.8) is 0 Å². The van der Waals surface area contributed by atoms with Gasteiger partial charge in [0.25, 0.3) is 0 Å². The largest absolute Gasteiger partial charge is 0.450 e. The van der Waals surface area contributed by atoms with Gasteiger partial charge in [-0.15, -0.1) is 0 Å². The monoisotopic (exact) mass is 372 g/mol. The summed E-state index contributed by atoms with van der Waals surface area (Å²) < 4.78 is 5.10. The van der Waals surface area contributed by atoms with Gasteiger partial charge in [-0.25, -0.2) is 4.79 Å². The lowest BCUT2D eigenvalue weighted by Crippen LogP contribution is -2.60. The summed E-state index contributed by atoms with van der Waals surface area (Å²) in [6.07, 6.45) is 3.33. The van der Waals surface area contributed by atoms with Gasteiger partial charge in [-0.05, 0) is 44.7 Å². The van der Waals surface area contributed by atoms with Crippen LogP contribution in [0.1, 0.15) is 32.6 Å². The molecule has 2 amide bonds. The third-order valence-electron chi connectivity index (χ3n) is 6.14. The molecule has 0 aliphatic carbocycles. The second-order valence-electron chi connectivity index (χ2n) is 7.66. The van der Waals surface area contributed by atoms with Crippen LogP contribution in [0.2, 0.25) is 0 Å². The van der Waals surface area contributed by atoms with Gasteiger partial charge >= 0.3 is 6.09 Å². The molecule has 7 nitrogen and oxygen atoms in total. The molecule has 146 valence electrons. The maximum Gasteiger partial charge on any atom is 0.409 e. The first-order valence-corrected chi connectivity index (χ1v) is 9.96. The standard InChI is InChI=1S/C20H28N4O3/c1-2-27-19(26)24-11-7-15(8-12-24)23-13-9-20(10-14-23)18(25)21-16-5-3-4-6-17(16)22-20/h3-6,15,22H,2,7-14H2,1H3,(H,21,25). The van der Waals surface area contributed by atoms with Gasteiger partial charge in [0.1, 0.15) is 5.54 Å². The molecule has 3 aliphatic heterocycles. The topological polar surface area (TPSA) is 73.9 Å². The number of fused-ring (bicyclic) bond motifs is 1. The number of carbonyl (C=O) groups is 2. The smallest absolute Gasteiger partial charge is 0.409 e. The zero-order valence-corrected chi connectivity index (χ0v) is 15.9. The Hall–Kier alpha value is -2.28. The van der Waals surface area contributed by atoms with Crippen molar-refractivity contribution in [1.82, 2.24) is 9.80 Å². The van der Waals surface area contributed by atoms with Crippen molar-refractivity contribution in [3.05, 3.63) is 24.3 Å². The summed E-state index contributed by atoms with van der Waals surface area (Å²) in [5, 5.41) is 6.58. The van der Waals surface area contributed by atoms with Crippen LogP contribution in [0.4, 0.5) is 16.2 Å². The van der Waals surface area contributed by atoms with Gasteiger partial charge in [0.15, 0.2) is 0 Å². The molecule has 0 atom stereocenters. The van der Waals surface area contributed by atoms with Crippen molar-refractivity contribution >= 4 is 23.4 Å². The molecule has 2 fully saturated rings. The van der Waals surface area contributed by atoms with Gasteiger partial charge in [-0.2, -0.15) is 0 Å². The van der Waals surface area contributed by atoms with Crippen LogP contribution in [0, 0.1) is 0 Å². The first-order chi connectivity index (χ1) is 13.1. The average Bonchev–Trinajstić information content (AvgIpc) is 2.70. The summed E-state index contributed by atoms with van der Waals surface area (Å²) in [6.45, 7) is 5.54. The highest BCUT2D eigenvalue weighted by molar-refractivity contribution is 6.06. The van der Waals surface area contributed by atoms with E-state index >= 15 is 0 Å². The molecular formula is C20H28N4O3. The number of piperidine rings is 2. The molecule has 3 aliphatic rings. The minimum atomic E-state index is -0.503. The third kappa shape index (κ3) is 3.48. The van der Waals surface area contributed by atoms with Gasteiger partial charge in [-0.1, -0.05) is 12.1 Å². The van der Waals surface area contributed by atoms with Gasteiger partial charge in [0, 0.05) is 32.2 Å². The van der Waals surface area contributed by atoms with Crippen LogP contribution in [0.5, 0.6) is 0 Å². The zero-order valence-electron chi connectivity index (χ0n) is 15.9. The maximum atomic E-state index is 12.7. The normalized spacial score (nSPS) is 22.7. The zero-order chi connectivity index (χ0) is 18.9. The van der Waals surface area contributed by atoms with E-state index in [4.69, 9.17) is 4.74 Å². The predicted octanol–water partition coefficient (Wildman–Crippen LogP) is 2.51. The molecule has 0 saturated carbocycles. The van der Waals surface area contributed by atoms with E-state index in [1.807, 2.05) is 31.2 Å². The van der Waals surface area contributed by atoms with Crippen LogP contribution >= 0.6 is 0 Å². The van der Waals surface area contributed by atoms with E-state index in [0.717, 1.165) is 63.2 Å². The molecule has 0 bridgehead atoms. The first-order valence-electron chi connectivity index (χ1n) is 9.96. The number of anilines is 2. The molecule has 27 heavy (non-hydrogen) atoms. The SMILES string of the molecule is CCOC(=O)N1CCC(N2CCC3(CC2)Nc2ccccc2NC3=O)CC1. The molecule has 3 heterocycles. The highest BCUT2D eigenvalue weighted by Crippen LogP contribution is 2.37. The lowest BCUT2D eigenvalue weighted by Gasteiger charge is -2.47. The van der Waals surface area contributed by atoms with Gasteiger partial charge in [-0.3, -0.25) is 4.79 Å². The van der Waals surface area contributed by atoms with Gasteiger partial charge in [0.2, 0.25) is 5.91 Å². The lowest BCUT2D eigenvalue weighted by atomic mass is 9.83. The number of amides is 2. The summed E-state index contributed by atoms with van der Waals surface area (Å²) >= 11 is 0. The first kappa shape index (κ1) is 18.1. The van der Waals surface area contributed by atoms with E-state index in [9.17, 15) is 9.59 Å². The molecule has 2 saturated heterocycles. The molecular weight excluding hydrogens is 344 g/mol. The Balaban J connectivity index is 1.33. The summed E-state index contributed by atoms with van der Waals surface area (Å²) in [5.74, 6) is 0.0815. The Morgan fingerprint density at radius 3 is 2.48 bits per heavy atom. The molecule has 0 radical (unpaired) electrons. The highest BCUT2D eigenvalue weighted by atomic mass is 16.6. The number of ether oxygens (including phenoxy) is 1. The minimum Gasteiger partial charge on any atom is -0.450 e. The minimum absolute atomic E-state index is 0.0815. The Bertz CT molecular complexity index is 707. The average molecular weight is 372 g/mol. The maximum absolute atomic E-state index is 12.7. The van der Waals surface area contributed by atoms with Crippen LogP contribution in [0.15, 0.2) is 24.3 Å². The van der Waals surface area contributed by atoms with E-state index in [0.29, 0.717) is 12.6 Å². The fourth-order valence-corrected chi connectivity index (χ4v) is 4.51. The summed E-state index contributed by atoms with van der Waals surface area (Å²) in [6, 6.07) is 8.35. The van der Waals surface area contributed by atoms with E-state index in [-0.39, 0.29) is 12.0 Å². The molecule has 1 spiro atoms. The van der Waals surface area contributed by atoms with Crippen LogP contribution in [0.3, 0.4) is 0 Å². The number of benzene rings is 1. The van der Waals surface area contributed by atoms with Crippen molar-refractivity contribution in [3.8, 4) is 0 Å². The van der Waals surface area contributed by atoms with Crippen LogP contribution in [-0.4, -0.2) is 66.2 Å². The van der Waals surface area contributed by atoms with Gasteiger partial charge < -0.3 is 25.2 Å². The van der Waals surface area contributed by atoms with Crippen molar-refractivity contribution in [1.29, 1.82) is 0 Å². The summed E-state index contributed by atoms with van der Waals surface area (Å²) in [5.41, 5.74) is 1.37. The number of rotatable bonds is 2. The second-order valence-corrected chi connectivity index (χ2v) is 7.66. The van der Waals surface area contributed by atoms with Crippen LogP contribution < -0.4 is 10.6 Å². The van der Waals surface area contributed by atoms with E-state index < -0.39 is 5.54 Å². The van der Waals surface area contributed by atoms with Gasteiger partial charge in [0.05, 0.1) is 18.0 Å². The van der Waals surface area contributed by atoms with Crippen molar-refractivity contribution in [2.45, 2.75) is 44.2 Å². The fraction of sp³-hybridized carbons (Fsp3) is 0.600. The Morgan fingerprint density at radius 1 is 1.15 bits per heavy atom. The number of para-hydroxylation sites is 2. The summed E-state index contributed by atoms with van der Waals surface area (Å²) in [7, 11) is 0. The van der Waals surface area contributed by atoms with Crippen LogP contribution in [0.25, 0.3) is 0 Å². The molecule has 0 unspecified atom stereocenters. The summed E-state index contributed by atoms with van der Waals surface area (Å²) in [4.78, 5) is 28.9. The highest BCUT2D eigenvalue weighted by Gasteiger charge is 2.45. The number of hydrogen-bond donors (Lipinski definition) is 2. The van der Waals surface area contributed by atoms with E-state index in [1.165, 1.54) is 0 Å². The molecule has 2 N–H and O–H groups in total. The van der Waals surface area contributed by atoms with Crippen molar-refractivity contribution in [2.24, 2.45) is 0 Å². The second kappa shape index (κ2) is 7.38. The Labute approximate surface area is 160 Å². The number of likely N-dealkylation sites (tertiary alicyclic amines) is 2. The van der Waals surface area contributed by atoms with Crippen molar-refractivity contribution < 1.29 is 14.3 Å². The predicted molar refractivity (Wildman–Crippen MR) is 104 cm³/mol. The third-order valence-corrected chi connectivity index (χ3v) is 6.14. The van der Waals surface area contributed by atoms with E-state index in [1.54, 1.807) is 4.90 Å². The van der Waals surface area contributed by atoms with Crippen molar-refractivity contribution in [2.75, 3.05) is 43.4 Å². The number of carbonyl (C=O) groups excluding carboxylic acids is 2. The lowest BCUT2D eigenvalue weighted by molar-refractivity contribution is -0.122. The number of nitrogens with one attached hydrogen (secondary N) is 2. The fourth-order valence-electron chi connectivity index (χ4n) is 4.51.